The molecular formula is C14H18N6O5. The van der Waals surface area contributed by atoms with Crippen LogP contribution in [0.25, 0.3) is 0 Å². The van der Waals surface area contributed by atoms with Crippen molar-refractivity contribution in [3.63, 3.8) is 0 Å². The smallest absolute Gasteiger partial charge is 0.390 e. The Kier molecular flexibility index (Phi) is 5.47. The third kappa shape index (κ3) is 4.19. The summed E-state index contributed by atoms with van der Waals surface area (Å²) >= 11 is 0. The molecule has 25 heavy (non-hydrogen) atoms. The number of hydrogen-bond acceptors (Lipinski definition) is 7. The van der Waals surface area contributed by atoms with Gasteiger partial charge in [0.05, 0.1) is 36.2 Å². The molecule has 0 aliphatic heterocycles. The van der Waals surface area contributed by atoms with Crippen LogP contribution in [-0.2, 0) is 23.1 Å². The zero-order valence-corrected chi connectivity index (χ0v) is 14.1. The normalized spacial score (nSPS) is 10.5. The second-order valence-corrected chi connectivity index (χ2v) is 5.17. The van der Waals surface area contributed by atoms with E-state index in [2.05, 4.69) is 15.5 Å². The van der Waals surface area contributed by atoms with E-state index in [1.54, 1.807) is 20.9 Å². The van der Waals surface area contributed by atoms with Crippen LogP contribution in [-0.4, -0.2) is 43.0 Å². The molecule has 0 fully saturated rings. The molecule has 11 heteroatoms. The Morgan fingerprint density at radius 3 is 2.76 bits per heavy atom. The quantitative estimate of drug-likeness (QED) is 0.448. The van der Waals surface area contributed by atoms with Gasteiger partial charge in [0.1, 0.15) is 11.4 Å². The first-order chi connectivity index (χ1) is 11.8. The van der Waals surface area contributed by atoms with Crippen LogP contribution in [0, 0.1) is 17.0 Å². The van der Waals surface area contributed by atoms with Crippen LogP contribution >= 0.6 is 0 Å². The van der Waals surface area contributed by atoms with Crippen molar-refractivity contribution in [2.45, 2.75) is 26.8 Å². The van der Waals surface area contributed by atoms with E-state index in [1.165, 1.54) is 21.6 Å². The summed E-state index contributed by atoms with van der Waals surface area (Å²) in [6.07, 6.45) is 1.34. The fourth-order valence-electron chi connectivity index (χ4n) is 2.15. The van der Waals surface area contributed by atoms with E-state index in [9.17, 15) is 19.7 Å². The molecule has 2 aromatic heterocycles. The topological polar surface area (TPSA) is 134 Å². The molecule has 0 unspecified atom stereocenters. The Morgan fingerprint density at radius 2 is 2.16 bits per heavy atom. The largest absolute Gasteiger partial charge is 0.462 e. The number of aromatic nitrogens is 4. The number of nitrogens with one attached hydrogen (secondary N) is 1. The standard InChI is InChI=1S/C14H18N6O5/c1-4-25-14(22)10-8-15-18(3)13(10)16-12(21)5-6-19-9(2)7-11(17-19)20(23)24/h7-8H,4-6H2,1-3H3,(H,16,21). The van der Waals surface area contributed by atoms with Crippen LogP contribution in [0.15, 0.2) is 12.3 Å². The fraction of sp³-hybridized carbons (Fsp3) is 0.429. The molecule has 0 aliphatic carbocycles. The van der Waals surface area contributed by atoms with Crippen LogP contribution in [0.3, 0.4) is 0 Å². The molecule has 2 heterocycles. The Bertz CT molecular complexity index is 809. The highest BCUT2D eigenvalue weighted by Crippen LogP contribution is 2.16. The van der Waals surface area contributed by atoms with Crippen molar-refractivity contribution >= 4 is 23.5 Å². The molecule has 1 N–H and O–H groups in total. The van der Waals surface area contributed by atoms with Crippen molar-refractivity contribution in [3.05, 3.63) is 33.6 Å². The molecule has 0 aromatic carbocycles. The molecule has 2 rings (SSSR count). The number of aryl methyl sites for hydroxylation is 3. The first-order valence-corrected chi connectivity index (χ1v) is 7.51. The van der Waals surface area contributed by atoms with Crippen LogP contribution in [0.4, 0.5) is 11.6 Å². The minimum atomic E-state index is -0.592. The van der Waals surface area contributed by atoms with E-state index >= 15 is 0 Å². The molecule has 0 radical (unpaired) electrons. The predicted octanol–water partition coefficient (Wildman–Crippen LogP) is 1.04. The number of nitrogens with zero attached hydrogens (tertiary/aromatic N) is 5. The lowest BCUT2D eigenvalue weighted by molar-refractivity contribution is -0.389. The third-order valence-corrected chi connectivity index (χ3v) is 3.40. The number of anilines is 1. The van der Waals surface area contributed by atoms with Crippen LogP contribution in [0.1, 0.15) is 29.4 Å². The Labute approximate surface area is 142 Å². The van der Waals surface area contributed by atoms with E-state index < -0.39 is 10.9 Å². The molecular weight excluding hydrogens is 332 g/mol. The van der Waals surface area contributed by atoms with Gasteiger partial charge in [-0.2, -0.15) is 9.78 Å². The monoisotopic (exact) mass is 350 g/mol. The number of amides is 1. The SMILES string of the molecule is CCOC(=O)c1cnn(C)c1NC(=O)CCn1nc([N+](=O)[O-])cc1C. The Hall–Kier alpha value is -3.24. The van der Waals surface area contributed by atoms with Gasteiger partial charge in [-0.05, 0) is 18.8 Å². The average molecular weight is 350 g/mol. The highest BCUT2D eigenvalue weighted by atomic mass is 16.6. The molecule has 1 amide bonds. The molecule has 0 bridgehead atoms. The number of rotatable bonds is 7. The molecule has 0 saturated carbocycles. The molecule has 0 atom stereocenters. The van der Waals surface area contributed by atoms with E-state index in [1.807, 2.05) is 0 Å². The minimum absolute atomic E-state index is 0.0210. The number of carbonyl (C=O) groups excluding carboxylic acids is 2. The lowest BCUT2D eigenvalue weighted by Gasteiger charge is -2.08. The van der Waals surface area contributed by atoms with Crippen LogP contribution in [0.5, 0.6) is 0 Å². The summed E-state index contributed by atoms with van der Waals surface area (Å²) in [5.41, 5.74) is 0.732. The van der Waals surface area contributed by atoms with Gasteiger partial charge in [0, 0.05) is 13.5 Å². The Morgan fingerprint density at radius 1 is 1.44 bits per heavy atom. The van der Waals surface area contributed by atoms with Crippen LogP contribution < -0.4 is 5.32 Å². The highest BCUT2D eigenvalue weighted by Gasteiger charge is 2.20. The Balaban J connectivity index is 2.03. The molecule has 134 valence electrons. The summed E-state index contributed by atoms with van der Waals surface area (Å²) < 4.78 is 7.65. The maximum Gasteiger partial charge on any atom is 0.390 e. The van der Waals surface area contributed by atoms with Crippen molar-refractivity contribution in [2.75, 3.05) is 11.9 Å². The van der Waals surface area contributed by atoms with Crippen molar-refractivity contribution in [1.82, 2.24) is 19.6 Å². The summed E-state index contributed by atoms with van der Waals surface area (Å²) in [7, 11) is 1.58. The van der Waals surface area contributed by atoms with Gasteiger partial charge >= 0.3 is 11.8 Å². The van der Waals surface area contributed by atoms with Crippen molar-refractivity contribution in [1.29, 1.82) is 0 Å². The average Bonchev–Trinajstić information content (AvgIpc) is 3.09. The summed E-state index contributed by atoms with van der Waals surface area (Å²) in [5, 5.41) is 21.1. The van der Waals surface area contributed by atoms with Gasteiger partial charge in [0.2, 0.25) is 5.91 Å². The van der Waals surface area contributed by atoms with E-state index in [4.69, 9.17) is 4.74 Å². The first-order valence-electron chi connectivity index (χ1n) is 7.51. The van der Waals surface area contributed by atoms with Gasteiger partial charge < -0.3 is 20.2 Å². The van der Waals surface area contributed by atoms with Gasteiger partial charge in [-0.3, -0.25) is 9.48 Å². The molecule has 11 nitrogen and oxygen atoms in total. The number of esters is 1. The van der Waals surface area contributed by atoms with Crippen molar-refractivity contribution in [2.24, 2.45) is 7.05 Å². The van der Waals surface area contributed by atoms with E-state index in [0.717, 1.165) is 0 Å². The van der Waals surface area contributed by atoms with Gasteiger partial charge in [-0.15, -0.1) is 0 Å². The summed E-state index contributed by atoms with van der Waals surface area (Å²) in [4.78, 5) is 34.1. The predicted molar refractivity (Wildman–Crippen MR) is 86.0 cm³/mol. The zero-order valence-electron chi connectivity index (χ0n) is 14.1. The van der Waals surface area contributed by atoms with Gasteiger partial charge in [0.15, 0.2) is 0 Å². The highest BCUT2D eigenvalue weighted by molar-refractivity contribution is 6.00. The van der Waals surface area contributed by atoms with E-state index in [-0.39, 0.29) is 42.7 Å². The second-order valence-electron chi connectivity index (χ2n) is 5.17. The number of hydrogen-bond donors (Lipinski definition) is 1. The number of carbonyl (C=O) groups is 2. The molecule has 0 aliphatic rings. The summed E-state index contributed by atoms with van der Waals surface area (Å²) in [6, 6.07) is 1.33. The lowest BCUT2D eigenvalue weighted by Crippen LogP contribution is -2.19. The third-order valence-electron chi connectivity index (χ3n) is 3.40. The first kappa shape index (κ1) is 18.1. The second kappa shape index (κ2) is 7.55. The van der Waals surface area contributed by atoms with Gasteiger partial charge in [0.25, 0.3) is 0 Å². The molecule has 0 saturated heterocycles. The lowest BCUT2D eigenvalue weighted by atomic mass is 10.3. The summed E-state index contributed by atoms with van der Waals surface area (Å²) in [6.45, 7) is 3.71. The van der Waals surface area contributed by atoms with Crippen molar-refractivity contribution in [3.8, 4) is 0 Å². The number of ether oxygens (including phenoxy) is 1. The van der Waals surface area contributed by atoms with E-state index in [0.29, 0.717) is 5.69 Å². The maximum absolute atomic E-state index is 12.1. The van der Waals surface area contributed by atoms with Gasteiger partial charge in [-0.1, -0.05) is 0 Å². The van der Waals surface area contributed by atoms with Crippen molar-refractivity contribution < 1.29 is 19.2 Å². The number of nitro groups is 1. The summed E-state index contributed by atoms with van der Waals surface area (Å²) in [5.74, 6) is -1.00. The van der Waals surface area contributed by atoms with Gasteiger partial charge in [-0.25, -0.2) is 4.79 Å². The molecule has 2 aromatic rings. The zero-order chi connectivity index (χ0) is 18.6. The minimum Gasteiger partial charge on any atom is -0.462 e. The van der Waals surface area contributed by atoms with Crippen LogP contribution in [0.2, 0.25) is 0 Å². The maximum atomic E-state index is 12.1. The molecule has 0 spiro atoms. The fourth-order valence-corrected chi connectivity index (χ4v) is 2.15.